The molecule has 0 bridgehead atoms. The number of aromatic nitrogens is 3. The number of hydrogen-bond donors (Lipinski definition) is 1. The highest BCUT2D eigenvalue weighted by molar-refractivity contribution is 6.04. The van der Waals surface area contributed by atoms with Crippen molar-refractivity contribution in [1.29, 1.82) is 0 Å². The first-order valence-electron chi connectivity index (χ1n) is 10.8. The zero-order chi connectivity index (χ0) is 23.9. The zero-order valence-electron chi connectivity index (χ0n) is 19.3. The molecule has 3 aromatic carbocycles. The molecule has 8 nitrogen and oxygen atoms in total. The molecule has 0 unspecified atom stereocenters. The van der Waals surface area contributed by atoms with E-state index in [9.17, 15) is 4.79 Å². The largest absolute Gasteiger partial charge is 0.497 e. The van der Waals surface area contributed by atoms with Crippen LogP contribution in [-0.2, 0) is 4.74 Å². The van der Waals surface area contributed by atoms with Gasteiger partial charge in [0.2, 0.25) is 0 Å². The molecule has 4 aromatic rings. The Morgan fingerprint density at radius 2 is 1.74 bits per heavy atom. The molecule has 34 heavy (non-hydrogen) atoms. The van der Waals surface area contributed by atoms with Crippen LogP contribution in [0.4, 0.5) is 5.69 Å². The third-order valence-electron chi connectivity index (χ3n) is 5.12. The Labute approximate surface area is 198 Å². The van der Waals surface area contributed by atoms with Crippen LogP contribution >= 0.6 is 0 Å². The van der Waals surface area contributed by atoms with Crippen molar-refractivity contribution in [2.75, 3.05) is 32.8 Å². The molecule has 8 heteroatoms. The molecular weight excluding hydrogens is 432 g/mol. The van der Waals surface area contributed by atoms with Gasteiger partial charge in [0.05, 0.1) is 19.4 Å². The molecule has 0 radical (unpaired) electrons. The van der Waals surface area contributed by atoms with E-state index in [1.54, 1.807) is 43.2 Å². The van der Waals surface area contributed by atoms with Crippen LogP contribution in [0.3, 0.4) is 0 Å². The molecular formula is C26H26N4O4. The number of carbonyl (C=O) groups is 1. The summed E-state index contributed by atoms with van der Waals surface area (Å²) in [7, 11) is 3.18. The Morgan fingerprint density at radius 1 is 0.971 bits per heavy atom. The highest BCUT2D eigenvalue weighted by atomic mass is 16.5. The van der Waals surface area contributed by atoms with Gasteiger partial charge in [0.25, 0.3) is 5.91 Å². The molecule has 0 aliphatic heterocycles. The lowest BCUT2D eigenvalue weighted by Crippen LogP contribution is -2.12. The van der Waals surface area contributed by atoms with E-state index in [4.69, 9.17) is 14.2 Å². The number of nitrogens with one attached hydrogen (secondary N) is 1. The summed E-state index contributed by atoms with van der Waals surface area (Å²) in [5.41, 5.74) is 4.02. The monoisotopic (exact) mass is 458 g/mol. The van der Waals surface area contributed by atoms with Crippen molar-refractivity contribution >= 4 is 11.6 Å². The lowest BCUT2D eigenvalue weighted by atomic mass is 10.1. The fourth-order valence-electron chi connectivity index (χ4n) is 3.29. The van der Waals surface area contributed by atoms with Crippen LogP contribution in [0.2, 0.25) is 0 Å². The smallest absolute Gasteiger partial charge is 0.336 e. The molecule has 0 saturated carbocycles. The second-order valence-electron chi connectivity index (χ2n) is 7.57. The van der Waals surface area contributed by atoms with Crippen molar-refractivity contribution in [2.45, 2.75) is 6.92 Å². The van der Waals surface area contributed by atoms with Gasteiger partial charge in [0.1, 0.15) is 12.4 Å². The van der Waals surface area contributed by atoms with Crippen molar-refractivity contribution in [2.24, 2.45) is 0 Å². The topological polar surface area (TPSA) is 87.5 Å². The maximum Gasteiger partial charge on any atom is 0.336 e. The molecule has 0 atom stereocenters. The lowest BCUT2D eigenvalue weighted by Gasteiger charge is -2.09. The summed E-state index contributed by atoms with van der Waals surface area (Å²) < 4.78 is 17.6. The van der Waals surface area contributed by atoms with E-state index in [1.165, 1.54) is 0 Å². The van der Waals surface area contributed by atoms with Gasteiger partial charge in [-0.15, -0.1) is 5.10 Å². The van der Waals surface area contributed by atoms with E-state index < -0.39 is 0 Å². The van der Waals surface area contributed by atoms with Crippen LogP contribution < -0.4 is 14.8 Å². The zero-order valence-corrected chi connectivity index (χ0v) is 19.3. The third kappa shape index (κ3) is 5.41. The minimum atomic E-state index is -0.221. The quantitative estimate of drug-likeness (QED) is 0.371. The number of anilines is 1. The number of nitrogens with zero attached hydrogens (tertiary/aromatic N) is 3. The van der Waals surface area contributed by atoms with E-state index >= 15 is 0 Å². The Bertz CT molecular complexity index is 1250. The standard InChI is InChI=1S/C26H26N4O4/c1-18-7-9-19(10-8-18)24-28-26(34-16-15-32-2)29-30(24)22-13-11-21(12-14-22)27-25(31)20-5-4-6-23(17-20)33-3/h4-14,17H,15-16H2,1-3H3,(H,27,31). The molecule has 1 heterocycles. The van der Waals surface area contributed by atoms with Gasteiger partial charge in [-0.2, -0.15) is 4.98 Å². The fraction of sp³-hybridized carbons (Fsp3) is 0.192. The van der Waals surface area contributed by atoms with Gasteiger partial charge in [-0.3, -0.25) is 4.79 Å². The van der Waals surface area contributed by atoms with Crippen LogP contribution in [0.1, 0.15) is 15.9 Å². The Balaban J connectivity index is 1.58. The Morgan fingerprint density at radius 3 is 2.44 bits per heavy atom. The fourth-order valence-corrected chi connectivity index (χ4v) is 3.29. The maximum atomic E-state index is 12.6. The van der Waals surface area contributed by atoms with Gasteiger partial charge in [-0.05, 0) is 49.4 Å². The predicted octanol–water partition coefficient (Wildman–Crippen LogP) is 4.53. The van der Waals surface area contributed by atoms with Crippen molar-refractivity contribution in [3.05, 3.63) is 83.9 Å². The Kier molecular flexibility index (Phi) is 7.19. The summed E-state index contributed by atoms with van der Waals surface area (Å²) in [5, 5.41) is 7.44. The van der Waals surface area contributed by atoms with Gasteiger partial charge in [0.15, 0.2) is 5.82 Å². The number of amides is 1. The van der Waals surface area contributed by atoms with Crippen molar-refractivity contribution < 1.29 is 19.0 Å². The van der Waals surface area contributed by atoms with Gasteiger partial charge < -0.3 is 19.5 Å². The normalized spacial score (nSPS) is 10.7. The minimum Gasteiger partial charge on any atom is -0.497 e. The first-order chi connectivity index (χ1) is 16.6. The molecule has 1 amide bonds. The molecule has 0 spiro atoms. The average molecular weight is 459 g/mol. The summed E-state index contributed by atoms with van der Waals surface area (Å²) in [6, 6.07) is 22.7. The third-order valence-corrected chi connectivity index (χ3v) is 5.12. The second kappa shape index (κ2) is 10.6. The van der Waals surface area contributed by atoms with Gasteiger partial charge in [-0.25, -0.2) is 4.68 Å². The molecule has 0 saturated heterocycles. The number of hydrogen-bond acceptors (Lipinski definition) is 6. The van der Waals surface area contributed by atoms with Crippen LogP contribution in [-0.4, -0.2) is 48.1 Å². The SMILES string of the molecule is COCCOc1nc(-c2ccc(C)cc2)n(-c2ccc(NC(=O)c3cccc(OC)c3)cc2)n1. The van der Waals surface area contributed by atoms with Crippen LogP contribution in [0, 0.1) is 6.92 Å². The molecule has 1 N–H and O–H groups in total. The summed E-state index contributed by atoms with van der Waals surface area (Å²) in [6.07, 6.45) is 0. The number of methoxy groups -OCH3 is 2. The molecule has 174 valence electrons. The predicted molar refractivity (Wildman–Crippen MR) is 130 cm³/mol. The molecule has 0 fully saturated rings. The van der Waals surface area contributed by atoms with E-state index in [1.807, 2.05) is 55.5 Å². The number of carbonyl (C=O) groups excluding carboxylic acids is 1. The average Bonchev–Trinajstić information content (AvgIpc) is 3.29. The number of aryl methyl sites for hydroxylation is 1. The second-order valence-corrected chi connectivity index (χ2v) is 7.57. The van der Waals surface area contributed by atoms with E-state index in [0.717, 1.165) is 16.8 Å². The first-order valence-corrected chi connectivity index (χ1v) is 10.8. The summed E-state index contributed by atoms with van der Waals surface area (Å²) in [6.45, 7) is 2.82. The van der Waals surface area contributed by atoms with Gasteiger partial charge in [-0.1, -0.05) is 35.9 Å². The van der Waals surface area contributed by atoms with Crippen LogP contribution in [0.15, 0.2) is 72.8 Å². The van der Waals surface area contributed by atoms with E-state index in [0.29, 0.717) is 36.0 Å². The van der Waals surface area contributed by atoms with Crippen LogP contribution in [0.5, 0.6) is 11.8 Å². The molecule has 4 rings (SSSR count). The molecule has 0 aliphatic carbocycles. The summed E-state index contributed by atoms with van der Waals surface area (Å²) in [5.74, 6) is 1.06. The lowest BCUT2D eigenvalue weighted by molar-refractivity contribution is 0.102. The number of ether oxygens (including phenoxy) is 3. The minimum absolute atomic E-state index is 0.221. The van der Waals surface area contributed by atoms with Crippen molar-refractivity contribution in [3.8, 4) is 28.8 Å². The highest BCUT2D eigenvalue weighted by Gasteiger charge is 2.15. The summed E-state index contributed by atoms with van der Waals surface area (Å²) in [4.78, 5) is 17.2. The molecule has 0 aliphatic rings. The highest BCUT2D eigenvalue weighted by Crippen LogP contribution is 2.25. The molecule has 1 aromatic heterocycles. The van der Waals surface area contributed by atoms with E-state index in [2.05, 4.69) is 15.4 Å². The van der Waals surface area contributed by atoms with Gasteiger partial charge >= 0.3 is 6.01 Å². The van der Waals surface area contributed by atoms with Crippen molar-refractivity contribution in [1.82, 2.24) is 14.8 Å². The first kappa shape index (κ1) is 23.0. The van der Waals surface area contributed by atoms with E-state index in [-0.39, 0.29) is 11.9 Å². The summed E-state index contributed by atoms with van der Waals surface area (Å²) >= 11 is 0. The Hall–Kier alpha value is -4.17. The van der Waals surface area contributed by atoms with Gasteiger partial charge in [0, 0.05) is 23.9 Å². The maximum absolute atomic E-state index is 12.6. The van der Waals surface area contributed by atoms with Crippen LogP contribution in [0.25, 0.3) is 17.1 Å². The van der Waals surface area contributed by atoms with Crippen molar-refractivity contribution in [3.63, 3.8) is 0 Å². The number of rotatable bonds is 9. The number of benzene rings is 3.